The van der Waals surface area contributed by atoms with Crippen LogP contribution in [-0.4, -0.2) is 22.6 Å². The topological polar surface area (TPSA) is 49.8 Å². The van der Waals surface area contributed by atoms with Gasteiger partial charge >= 0.3 is 0 Å². The maximum Gasteiger partial charge on any atom is 0.134 e. The van der Waals surface area contributed by atoms with Crippen molar-refractivity contribution in [1.29, 1.82) is 0 Å². The monoisotopic (exact) mass is 290 g/mol. The molecule has 2 atom stereocenters. The van der Waals surface area contributed by atoms with Gasteiger partial charge in [-0.05, 0) is 44.9 Å². The first-order chi connectivity index (χ1) is 10.1. The number of hydrogen-bond acceptors (Lipinski definition) is 4. The van der Waals surface area contributed by atoms with Crippen LogP contribution in [0, 0.1) is 12.8 Å². The number of rotatable bonds is 7. The zero-order chi connectivity index (χ0) is 15.2. The van der Waals surface area contributed by atoms with Crippen LogP contribution in [0.2, 0.25) is 0 Å². The lowest BCUT2D eigenvalue weighted by Gasteiger charge is -2.18. The second kappa shape index (κ2) is 7.62. The number of aromatic nitrogens is 2. The molecule has 1 aromatic heterocycles. The first-order valence-corrected chi connectivity index (χ1v) is 8.51. The zero-order valence-electron chi connectivity index (χ0n) is 14.0. The van der Waals surface area contributed by atoms with Gasteiger partial charge in [0.15, 0.2) is 0 Å². The smallest absolute Gasteiger partial charge is 0.134 e. The lowest BCUT2D eigenvalue weighted by Crippen LogP contribution is -2.19. The van der Waals surface area contributed by atoms with E-state index in [-0.39, 0.29) is 0 Å². The third kappa shape index (κ3) is 4.32. The van der Waals surface area contributed by atoms with Gasteiger partial charge in [0.25, 0.3) is 0 Å². The van der Waals surface area contributed by atoms with Crippen LogP contribution in [0.4, 0.5) is 11.6 Å². The van der Waals surface area contributed by atoms with E-state index in [1.807, 2.05) is 0 Å². The van der Waals surface area contributed by atoms with Crippen LogP contribution in [0.25, 0.3) is 0 Å². The fourth-order valence-electron chi connectivity index (χ4n) is 2.99. The molecular formula is C17H30N4. The minimum absolute atomic E-state index is 0.571. The van der Waals surface area contributed by atoms with Gasteiger partial charge in [0.2, 0.25) is 0 Å². The van der Waals surface area contributed by atoms with Gasteiger partial charge in [-0.15, -0.1) is 0 Å². The van der Waals surface area contributed by atoms with Crippen LogP contribution in [0.15, 0.2) is 0 Å². The number of hydrogen-bond donors (Lipinski definition) is 2. The van der Waals surface area contributed by atoms with E-state index in [1.165, 1.54) is 19.3 Å². The molecule has 4 nitrogen and oxygen atoms in total. The van der Waals surface area contributed by atoms with Gasteiger partial charge in [0.1, 0.15) is 17.5 Å². The highest BCUT2D eigenvalue weighted by Gasteiger charge is 2.22. The highest BCUT2D eigenvalue weighted by molar-refractivity contribution is 5.57. The molecule has 1 aliphatic carbocycles. The molecule has 0 aliphatic heterocycles. The van der Waals surface area contributed by atoms with E-state index in [4.69, 9.17) is 4.98 Å². The first kappa shape index (κ1) is 16.1. The fraction of sp³-hybridized carbons (Fsp3) is 0.765. The second-order valence-corrected chi connectivity index (χ2v) is 6.40. The van der Waals surface area contributed by atoms with Crippen LogP contribution in [0.1, 0.15) is 64.3 Å². The fourth-order valence-corrected chi connectivity index (χ4v) is 2.99. The normalized spacial score (nSPS) is 21.5. The van der Waals surface area contributed by atoms with Crippen molar-refractivity contribution >= 4 is 11.6 Å². The quantitative estimate of drug-likeness (QED) is 0.791. The van der Waals surface area contributed by atoms with Crippen molar-refractivity contribution in [2.24, 2.45) is 5.92 Å². The van der Waals surface area contributed by atoms with Crippen LogP contribution < -0.4 is 10.6 Å². The summed E-state index contributed by atoms with van der Waals surface area (Å²) in [4.78, 5) is 9.44. The van der Waals surface area contributed by atoms with Crippen LogP contribution in [0.5, 0.6) is 0 Å². The Morgan fingerprint density at radius 3 is 2.48 bits per heavy atom. The summed E-state index contributed by atoms with van der Waals surface area (Å²) < 4.78 is 0. The third-order valence-corrected chi connectivity index (χ3v) is 4.24. The Bertz CT molecular complexity index is 458. The number of anilines is 2. The van der Waals surface area contributed by atoms with E-state index < -0.39 is 0 Å². The molecular weight excluding hydrogens is 260 g/mol. The lowest BCUT2D eigenvalue weighted by atomic mass is 10.1. The molecule has 4 heteroatoms. The maximum atomic E-state index is 4.76. The standard InChI is InChI=1S/C17H30N4/c1-5-7-15-20-16(18-10-6-2)13(4)17(21-15)19-14-9-8-12(3)11-14/h12,14H,5-11H2,1-4H3,(H2,18,19,20,21). The summed E-state index contributed by atoms with van der Waals surface area (Å²) in [5.74, 6) is 3.82. The molecule has 0 aromatic carbocycles. The Balaban J connectivity index is 2.18. The minimum Gasteiger partial charge on any atom is -0.370 e. The molecule has 0 spiro atoms. The molecule has 0 saturated heterocycles. The molecule has 1 fully saturated rings. The number of nitrogens with zero attached hydrogens (tertiary/aromatic N) is 2. The Morgan fingerprint density at radius 2 is 1.86 bits per heavy atom. The van der Waals surface area contributed by atoms with Crippen LogP contribution >= 0.6 is 0 Å². The van der Waals surface area contributed by atoms with E-state index in [9.17, 15) is 0 Å². The van der Waals surface area contributed by atoms with Crippen molar-refractivity contribution in [3.63, 3.8) is 0 Å². The summed E-state index contributed by atoms with van der Waals surface area (Å²) in [5, 5.41) is 7.11. The number of aryl methyl sites for hydroxylation is 1. The molecule has 0 amide bonds. The van der Waals surface area contributed by atoms with Crippen molar-refractivity contribution in [2.45, 2.75) is 72.3 Å². The van der Waals surface area contributed by atoms with Crippen molar-refractivity contribution in [1.82, 2.24) is 9.97 Å². The molecule has 2 rings (SSSR count). The first-order valence-electron chi connectivity index (χ1n) is 8.51. The lowest BCUT2D eigenvalue weighted by molar-refractivity contribution is 0.602. The second-order valence-electron chi connectivity index (χ2n) is 6.40. The average molecular weight is 290 g/mol. The van der Waals surface area contributed by atoms with Crippen molar-refractivity contribution in [2.75, 3.05) is 17.2 Å². The molecule has 21 heavy (non-hydrogen) atoms. The minimum atomic E-state index is 0.571. The molecule has 118 valence electrons. The highest BCUT2D eigenvalue weighted by Crippen LogP contribution is 2.29. The van der Waals surface area contributed by atoms with E-state index in [2.05, 4.69) is 43.3 Å². The van der Waals surface area contributed by atoms with E-state index in [1.54, 1.807) is 0 Å². The van der Waals surface area contributed by atoms with E-state index >= 15 is 0 Å². The highest BCUT2D eigenvalue weighted by atomic mass is 15.1. The summed E-state index contributed by atoms with van der Waals surface area (Å²) in [5.41, 5.74) is 1.16. The van der Waals surface area contributed by atoms with Crippen molar-refractivity contribution in [3.8, 4) is 0 Å². The molecule has 1 aromatic rings. The average Bonchev–Trinajstić information content (AvgIpc) is 2.86. The Kier molecular flexibility index (Phi) is 5.83. The van der Waals surface area contributed by atoms with Gasteiger partial charge in [-0.2, -0.15) is 0 Å². The molecule has 2 unspecified atom stereocenters. The van der Waals surface area contributed by atoms with Gasteiger partial charge in [0, 0.05) is 24.6 Å². The Hall–Kier alpha value is -1.32. The summed E-state index contributed by atoms with van der Waals surface area (Å²) in [6.45, 7) is 9.77. The molecule has 2 N–H and O–H groups in total. The van der Waals surface area contributed by atoms with E-state index in [0.717, 1.165) is 54.7 Å². The summed E-state index contributed by atoms with van der Waals surface area (Å²) in [7, 11) is 0. The largest absolute Gasteiger partial charge is 0.370 e. The van der Waals surface area contributed by atoms with Crippen molar-refractivity contribution < 1.29 is 0 Å². The van der Waals surface area contributed by atoms with Gasteiger partial charge in [-0.25, -0.2) is 9.97 Å². The predicted molar refractivity (Wildman–Crippen MR) is 90.0 cm³/mol. The summed E-state index contributed by atoms with van der Waals surface area (Å²) in [6, 6.07) is 0.571. The van der Waals surface area contributed by atoms with Crippen molar-refractivity contribution in [3.05, 3.63) is 11.4 Å². The summed E-state index contributed by atoms with van der Waals surface area (Å²) >= 11 is 0. The number of nitrogens with one attached hydrogen (secondary N) is 2. The molecule has 0 radical (unpaired) electrons. The summed E-state index contributed by atoms with van der Waals surface area (Å²) in [6.07, 6.45) is 6.96. The van der Waals surface area contributed by atoms with Crippen LogP contribution in [0.3, 0.4) is 0 Å². The molecule has 0 bridgehead atoms. The molecule has 1 heterocycles. The van der Waals surface area contributed by atoms with Gasteiger partial charge < -0.3 is 10.6 Å². The van der Waals surface area contributed by atoms with Crippen LogP contribution in [-0.2, 0) is 6.42 Å². The Labute approximate surface area is 129 Å². The SMILES string of the molecule is CCCNc1nc(CCC)nc(NC2CCC(C)C2)c1C. The van der Waals surface area contributed by atoms with Gasteiger partial charge in [-0.3, -0.25) is 0 Å². The van der Waals surface area contributed by atoms with Gasteiger partial charge in [0.05, 0.1) is 0 Å². The predicted octanol–water partition coefficient (Wildman–Crippen LogP) is 4.16. The van der Waals surface area contributed by atoms with E-state index in [0.29, 0.717) is 6.04 Å². The van der Waals surface area contributed by atoms with Gasteiger partial charge in [-0.1, -0.05) is 20.8 Å². The zero-order valence-corrected chi connectivity index (χ0v) is 14.0. The third-order valence-electron chi connectivity index (χ3n) is 4.24. The molecule has 1 aliphatic rings. The maximum absolute atomic E-state index is 4.76. The Morgan fingerprint density at radius 1 is 1.10 bits per heavy atom. The molecule has 1 saturated carbocycles.